The molecule has 0 saturated carbocycles. The number of nitrogens with zero attached hydrogens (tertiary/aromatic N) is 4. The smallest absolute Gasteiger partial charge is 0.282 e. The van der Waals surface area contributed by atoms with E-state index in [2.05, 4.69) is 14.9 Å². The molecule has 31 heavy (non-hydrogen) atoms. The highest BCUT2D eigenvalue weighted by atomic mass is 16.5. The fraction of sp³-hybridized carbons (Fsp3) is 0.435. The van der Waals surface area contributed by atoms with Crippen molar-refractivity contribution < 1.29 is 14.3 Å². The third-order valence-corrected chi connectivity index (χ3v) is 4.71. The van der Waals surface area contributed by atoms with Gasteiger partial charge in [-0.1, -0.05) is 30.3 Å². The van der Waals surface area contributed by atoms with Crippen LogP contribution in [0.3, 0.4) is 0 Å². The van der Waals surface area contributed by atoms with Crippen molar-refractivity contribution in [1.82, 2.24) is 9.88 Å². The van der Waals surface area contributed by atoms with E-state index in [1.165, 1.54) is 0 Å². The van der Waals surface area contributed by atoms with Gasteiger partial charge in [-0.25, -0.2) is 9.98 Å². The molecule has 1 aromatic carbocycles. The predicted molar refractivity (Wildman–Crippen MR) is 121 cm³/mol. The Morgan fingerprint density at radius 2 is 1.81 bits per heavy atom. The Labute approximate surface area is 183 Å². The van der Waals surface area contributed by atoms with Crippen LogP contribution in [0.2, 0.25) is 0 Å². The molecular weight excluding hydrogens is 394 g/mol. The number of amidine groups is 1. The van der Waals surface area contributed by atoms with Gasteiger partial charge in [0.1, 0.15) is 30.3 Å². The molecule has 166 valence electrons. The number of piperazine rings is 1. The highest BCUT2D eigenvalue weighted by molar-refractivity contribution is 5.82. The molecule has 1 aliphatic heterocycles. The maximum atomic E-state index is 12.4. The van der Waals surface area contributed by atoms with Gasteiger partial charge in [0.15, 0.2) is 0 Å². The summed E-state index contributed by atoms with van der Waals surface area (Å²) in [7, 11) is 0. The zero-order chi connectivity index (χ0) is 22.3. The van der Waals surface area contributed by atoms with Gasteiger partial charge < -0.3 is 25.0 Å². The standard InChI is InChI=1S/C23H31N5O3/c1-23(2,3)31-22(24)26-16-21(29)28-13-11-27(12-14-28)20-10-9-19(15-25-20)30-17-18-7-5-4-6-8-18/h4-10,15H,11-14,16-17H2,1-3H3,(H2,24,26). The number of amides is 1. The van der Waals surface area contributed by atoms with Crippen LogP contribution in [0.4, 0.5) is 5.82 Å². The quantitative estimate of drug-likeness (QED) is 0.564. The van der Waals surface area contributed by atoms with E-state index in [9.17, 15) is 4.79 Å². The summed E-state index contributed by atoms with van der Waals surface area (Å²) in [6.07, 6.45) is 1.74. The summed E-state index contributed by atoms with van der Waals surface area (Å²) in [6.45, 7) is 8.79. The second-order valence-corrected chi connectivity index (χ2v) is 8.36. The van der Waals surface area contributed by atoms with E-state index in [1.54, 1.807) is 11.1 Å². The largest absolute Gasteiger partial charge is 0.487 e. The van der Waals surface area contributed by atoms with E-state index in [0.29, 0.717) is 32.8 Å². The Balaban J connectivity index is 1.44. The van der Waals surface area contributed by atoms with Crippen molar-refractivity contribution in [2.75, 3.05) is 37.6 Å². The highest BCUT2D eigenvalue weighted by Crippen LogP contribution is 2.18. The van der Waals surface area contributed by atoms with Gasteiger partial charge in [0.2, 0.25) is 5.91 Å². The SMILES string of the molecule is CC(C)(C)OC(N)=NCC(=O)N1CCN(c2ccc(OCc3ccccc3)cn2)CC1. The van der Waals surface area contributed by atoms with E-state index in [0.717, 1.165) is 17.1 Å². The number of benzene rings is 1. The minimum atomic E-state index is -0.433. The van der Waals surface area contributed by atoms with Crippen LogP contribution in [-0.2, 0) is 16.1 Å². The van der Waals surface area contributed by atoms with Crippen LogP contribution < -0.4 is 15.4 Å². The van der Waals surface area contributed by atoms with Gasteiger partial charge >= 0.3 is 0 Å². The van der Waals surface area contributed by atoms with Gasteiger partial charge in [-0.05, 0) is 38.5 Å². The maximum Gasteiger partial charge on any atom is 0.282 e. The Morgan fingerprint density at radius 3 is 2.42 bits per heavy atom. The van der Waals surface area contributed by atoms with Gasteiger partial charge in [0.05, 0.1) is 6.20 Å². The van der Waals surface area contributed by atoms with Crippen molar-refractivity contribution in [2.45, 2.75) is 33.0 Å². The number of carbonyl (C=O) groups excluding carboxylic acids is 1. The normalized spacial score (nSPS) is 15.0. The molecule has 1 fully saturated rings. The Hall–Kier alpha value is -3.29. The molecule has 0 aliphatic carbocycles. The molecule has 8 nitrogen and oxygen atoms in total. The second kappa shape index (κ2) is 10.1. The zero-order valence-electron chi connectivity index (χ0n) is 18.5. The molecule has 1 amide bonds. The molecule has 2 heterocycles. The fourth-order valence-corrected chi connectivity index (χ4v) is 3.16. The summed E-state index contributed by atoms with van der Waals surface area (Å²) < 4.78 is 11.2. The Bertz CT molecular complexity index is 870. The van der Waals surface area contributed by atoms with Crippen molar-refractivity contribution in [3.8, 4) is 5.75 Å². The number of hydrogen-bond acceptors (Lipinski definition) is 6. The number of anilines is 1. The van der Waals surface area contributed by atoms with Crippen LogP contribution in [0.15, 0.2) is 53.7 Å². The number of hydrogen-bond donors (Lipinski definition) is 1. The van der Waals surface area contributed by atoms with E-state index in [-0.39, 0.29) is 18.5 Å². The third kappa shape index (κ3) is 7.16. The molecule has 1 saturated heterocycles. The van der Waals surface area contributed by atoms with Crippen molar-refractivity contribution in [3.05, 3.63) is 54.2 Å². The topological polar surface area (TPSA) is 93.3 Å². The number of ether oxygens (including phenoxy) is 2. The lowest BCUT2D eigenvalue weighted by atomic mass is 10.2. The van der Waals surface area contributed by atoms with E-state index in [1.807, 2.05) is 63.2 Å². The molecule has 1 aromatic heterocycles. The molecule has 0 atom stereocenters. The first kappa shape index (κ1) is 22.4. The number of nitrogens with two attached hydrogens (primary N) is 1. The van der Waals surface area contributed by atoms with Gasteiger partial charge in [-0.15, -0.1) is 0 Å². The van der Waals surface area contributed by atoms with Gasteiger partial charge in [0, 0.05) is 26.2 Å². The molecule has 0 spiro atoms. The lowest BCUT2D eigenvalue weighted by Crippen LogP contribution is -2.49. The summed E-state index contributed by atoms with van der Waals surface area (Å²) in [4.78, 5) is 24.9. The van der Waals surface area contributed by atoms with E-state index >= 15 is 0 Å². The molecule has 2 aromatic rings. The van der Waals surface area contributed by atoms with E-state index in [4.69, 9.17) is 15.2 Å². The summed E-state index contributed by atoms with van der Waals surface area (Å²) in [6, 6.07) is 13.9. The summed E-state index contributed by atoms with van der Waals surface area (Å²) in [5.41, 5.74) is 6.41. The minimum Gasteiger partial charge on any atom is -0.487 e. The highest BCUT2D eigenvalue weighted by Gasteiger charge is 2.22. The lowest BCUT2D eigenvalue weighted by molar-refractivity contribution is -0.129. The molecule has 0 unspecified atom stereocenters. The van der Waals surface area contributed by atoms with Crippen LogP contribution in [0.25, 0.3) is 0 Å². The fourth-order valence-electron chi connectivity index (χ4n) is 3.16. The minimum absolute atomic E-state index is 0.00634. The molecule has 3 rings (SSSR count). The Kier molecular flexibility index (Phi) is 7.33. The van der Waals surface area contributed by atoms with E-state index < -0.39 is 5.60 Å². The first-order chi connectivity index (χ1) is 14.8. The van der Waals surface area contributed by atoms with Crippen LogP contribution in [0, 0.1) is 0 Å². The lowest BCUT2D eigenvalue weighted by Gasteiger charge is -2.35. The number of pyridine rings is 1. The molecular formula is C23H31N5O3. The first-order valence-corrected chi connectivity index (χ1v) is 10.4. The zero-order valence-corrected chi connectivity index (χ0v) is 18.5. The molecule has 1 aliphatic rings. The Morgan fingerprint density at radius 1 is 1.10 bits per heavy atom. The molecule has 0 bridgehead atoms. The maximum absolute atomic E-state index is 12.4. The van der Waals surface area contributed by atoms with Crippen molar-refractivity contribution in [1.29, 1.82) is 0 Å². The summed E-state index contributed by atoms with van der Waals surface area (Å²) in [5.74, 6) is 1.55. The van der Waals surface area contributed by atoms with Gasteiger partial charge in [-0.3, -0.25) is 4.79 Å². The molecule has 0 radical (unpaired) electrons. The van der Waals surface area contributed by atoms with Crippen LogP contribution in [0.5, 0.6) is 5.75 Å². The van der Waals surface area contributed by atoms with Gasteiger partial charge in [0.25, 0.3) is 6.02 Å². The van der Waals surface area contributed by atoms with Crippen molar-refractivity contribution in [3.63, 3.8) is 0 Å². The summed E-state index contributed by atoms with van der Waals surface area (Å²) >= 11 is 0. The summed E-state index contributed by atoms with van der Waals surface area (Å²) in [5, 5.41) is 0. The number of rotatable bonds is 6. The predicted octanol–water partition coefficient (Wildman–Crippen LogP) is 2.44. The van der Waals surface area contributed by atoms with Crippen LogP contribution in [-0.4, -0.2) is 60.1 Å². The van der Waals surface area contributed by atoms with Crippen LogP contribution in [0.1, 0.15) is 26.3 Å². The van der Waals surface area contributed by atoms with Crippen molar-refractivity contribution >= 4 is 17.7 Å². The van der Waals surface area contributed by atoms with Gasteiger partial charge in [-0.2, -0.15) is 0 Å². The van der Waals surface area contributed by atoms with Crippen LogP contribution >= 0.6 is 0 Å². The second-order valence-electron chi connectivity index (χ2n) is 8.36. The number of aromatic nitrogens is 1. The molecule has 8 heteroatoms. The van der Waals surface area contributed by atoms with Crippen molar-refractivity contribution in [2.24, 2.45) is 10.7 Å². The molecule has 2 N–H and O–H groups in total. The monoisotopic (exact) mass is 425 g/mol. The third-order valence-electron chi connectivity index (χ3n) is 4.71. The first-order valence-electron chi connectivity index (χ1n) is 10.4. The average molecular weight is 426 g/mol. The number of aliphatic imine (C=N–C) groups is 1. The average Bonchev–Trinajstić information content (AvgIpc) is 2.76. The number of carbonyl (C=O) groups is 1.